The predicted octanol–water partition coefficient (Wildman–Crippen LogP) is 1.74. The Kier molecular flexibility index (Phi) is 7.91. The Morgan fingerprint density at radius 3 is 2.69 bits per heavy atom. The van der Waals surface area contributed by atoms with E-state index in [2.05, 4.69) is 10.3 Å². The van der Waals surface area contributed by atoms with Gasteiger partial charge in [-0.25, -0.2) is 4.98 Å². The number of hydrogen-bond donors (Lipinski definition) is 1. The van der Waals surface area contributed by atoms with Crippen LogP contribution in [0.1, 0.15) is 5.56 Å². The molecule has 4 rings (SSSR count). The van der Waals surface area contributed by atoms with Crippen LogP contribution in [-0.2, 0) is 37.7 Å². The highest BCUT2D eigenvalue weighted by Crippen LogP contribution is 2.42. The number of anilines is 2. The van der Waals surface area contributed by atoms with Crippen molar-refractivity contribution in [3.63, 3.8) is 0 Å². The number of methoxy groups -OCH3 is 3. The van der Waals surface area contributed by atoms with Gasteiger partial charge in [0.1, 0.15) is 12.4 Å². The van der Waals surface area contributed by atoms with E-state index in [1.54, 1.807) is 52.4 Å². The molecule has 2 unspecified atom stereocenters. The maximum atomic E-state index is 13.4. The molecular formula is C22H31N5O6S2. The molecule has 3 heterocycles. The second-order valence-electron chi connectivity index (χ2n) is 8.19. The second-order valence-corrected chi connectivity index (χ2v) is 11.3. The topological polar surface area (TPSA) is 117 Å². The molecular weight excluding hydrogens is 494 g/mol. The molecule has 1 aromatic carbocycles. The van der Waals surface area contributed by atoms with Crippen molar-refractivity contribution in [2.24, 2.45) is 12.0 Å². The van der Waals surface area contributed by atoms with E-state index in [4.69, 9.17) is 23.9 Å². The van der Waals surface area contributed by atoms with E-state index in [0.717, 1.165) is 16.3 Å². The van der Waals surface area contributed by atoms with Gasteiger partial charge < -0.3 is 28.8 Å². The fourth-order valence-electron chi connectivity index (χ4n) is 4.15. The Morgan fingerprint density at radius 1 is 1.26 bits per heavy atom. The van der Waals surface area contributed by atoms with Crippen molar-refractivity contribution in [2.45, 2.75) is 29.2 Å². The number of sulfonamides is 1. The number of fused-ring (bicyclic) bond motifs is 1. The van der Waals surface area contributed by atoms with Gasteiger partial charge >= 0.3 is 0 Å². The summed E-state index contributed by atoms with van der Waals surface area (Å²) in [5, 5.41) is 4.45. The van der Waals surface area contributed by atoms with E-state index in [-0.39, 0.29) is 22.7 Å². The number of ether oxygens (including phenoxy) is 4. The SMILES string of the molecule is COCCOc1cc2c(c(N(C)S(=O)(=O)c3nccn3C)c1)NC(C1=NCC(C(OC)OC)S1)C2. The zero-order chi connectivity index (χ0) is 25.2. The number of aliphatic imine (C=N–C) groups is 1. The van der Waals surface area contributed by atoms with Gasteiger partial charge in [-0.3, -0.25) is 9.30 Å². The molecule has 13 heteroatoms. The highest BCUT2D eigenvalue weighted by Gasteiger charge is 2.37. The van der Waals surface area contributed by atoms with Crippen molar-refractivity contribution in [3.05, 3.63) is 30.1 Å². The van der Waals surface area contributed by atoms with Gasteiger partial charge in [-0.05, 0) is 11.6 Å². The van der Waals surface area contributed by atoms with Crippen LogP contribution in [0.4, 0.5) is 11.4 Å². The number of benzene rings is 1. The van der Waals surface area contributed by atoms with Crippen molar-refractivity contribution < 1.29 is 27.4 Å². The molecule has 0 amide bonds. The molecule has 0 saturated carbocycles. The average Bonchev–Trinajstić information content (AvgIpc) is 3.58. The number of imidazole rings is 1. The van der Waals surface area contributed by atoms with Crippen molar-refractivity contribution >= 4 is 38.2 Å². The van der Waals surface area contributed by atoms with Crippen molar-refractivity contribution in [1.29, 1.82) is 0 Å². The van der Waals surface area contributed by atoms with Gasteiger partial charge in [-0.1, -0.05) is 11.8 Å². The summed E-state index contributed by atoms with van der Waals surface area (Å²) in [6.45, 7) is 1.36. The molecule has 35 heavy (non-hydrogen) atoms. The minimum absolute atomic E-state index is 0.0438. The van der Waals surface area contributed by atoms with Gasteiger partial charge in [-0.15, -0.1) is 0 Å². The molecule has 0 saturated heterocycles. The highest BCUT2D eigenvalue weighted by molar-refractivity contribution is 8.15. The van der Waals surface area contributed by atoms with E-state index in [0.29, 0.717) is 37.6 Å². The smallest absolute Gasteiger partial charge is 0.298 e. The molecule has 11 nitrogen and oxygen atoms in total. The summed E-state index contributed by atoms with van der Waals surface area (Å²) in [6.07, 6.45) is 3.35. The summed E-state index contributed by atoms with van der Waals surface area (Å²) in [5.41, 5.74) is 2.16. The van der Waals surface area contributed by atoms with Crippen LogP contribution in [0.15, 0.2) is 34.7 Å². The number of rotatable bonds is 11. The summed E-state index contributed by atoms with van der Waals surface area (Å²) in [7, 11) is 4.09. The molecule has 1 N–H and O–H groups in total. The summed E-state index contributed by atoms with van der Waals surface area (Å²) < 4.78 is 51.3. The van der Waals surface area contributed by atoms with Crippen LogP contribution in [0.25, 0.3) is 0 Å². The van der Waals surface area contributed by atoms with Crippen LogP contribution in [-0.4, -0.2) is 88.7 Å². The molecule has 1 aromatic heterocycles. The molecule has 192 valence electrons. The largest absolute Gasteiger partial charge is 0.491 e. The van der Waals surface area contributed by atoms with E-state index < -0.39 is 10.0 Å². The lowest BCUT2D eigenvalue weighted by Crippen LogP contribution is -2.31. The quantitative estimate of drug-likeness (QED) is 0.346. The first-order valence-corrected chi connectivity index (χ1v) is 13.4. The third-order valence-electron chi connectivity index (χ3n) is 5.94. The predicted molar refractivity (Wildman–Crippen MR) is 135 cm³/mol. The maximum absolute atomic E-state index is 13.4. The highest BCUT2D eigenvalue weighted by atomic mass is 32.2. The molecule has 2 atom stereocenters. The Bertz CT molecular complexity index is 1180. The molecule has 0 bridgehead atoms. The Labute approximate surface area is 209 Å². The first-order chi connectivity index (χ1) is 16.8. The lowest BCUT2D eigenvalue weighted by atomic mass is 10.1. The molecule has 2 aromatic rings. The standard InChI is InChI=1S/C22H31N5O6S2/c1-26-7-6-23-22(26)35(28,29)27(2)17-12-15(33-9-8-30-3)10-14-11-16(25-19(14)17)20-24-13-18(34-20)21(31-4)32-5/h6-7,10,12,16,18,21,25H,8-9,11,13H2,1-5H3. The maximum Gasteiger partial charge on any atom is 0.298 e. The number of aromatic nitrogens is 2. The minimum Gasteiger partial charge on any atom is -0.491 e. The number of hydrogen-bond acceptors (Lipinski definition) is 10. The van der Waals surface area contributed by atoms with Crippen molar-refractivity contribution in [3.8, 4) is 5.75 Å². The van der Waals surface area contributed by atoms with Crippen molar-refractivity contribution in [1.82, 2.24) is 9.55 Å². The van der Waals surface area contributed by atoms with Gasteiger partial charge in [0.15, 0.2) is 6.29 Å². The zero-order valence-electron chi connectivity index (χ0n) is 20.4. The van der Waals surface area contributed by atoms with E-state index >= 15 is 0 Å². The van der Waals surface area contributed by atoms with Gasteiger partial charge in [0, 0.05) is 60.3 Å². The second kappa shape index (κ2) is 10.7. The molecule has 0 spiro atoms. The Balaban J connectivity index is 1.64. The van der Waals surface area contributed by atoms with Crippen LogP contribution in [0.5, 0.6) is 5.75 Å². The van der Waals surface area contributed by atoms with Crippen LogP contribution in [0.3, 0.4) is 0 Å². The third-order valence-corrected chi connectivity index (χ3v) is 9.05. The lowest BCUT2D eigenvalue weighted by molar-refractivity contribution is -0.0994. The Hall–Kier alpha value is -2.32. The zero-order valence-corrected chi connectivity index (χ0v) is 22.1. The lowest BCUT2D eigenvalue weighted by Gasteiger charge is -2.23. The fraction of sp³-hybridized carbons (Fsp3) is 0.545. The molecule has 2 aliphatic heterocycles. The van der Waals surface area contributed by atoms with Gasteiger partial charge in [0.25, 0.3) is 10.0 Å². The van der Waals surface area contributed by atoms with E-state index in [9.17, 15) is 8.42 Å². The monoisotopic (exact) mass is 525 g/mol. The van der Waals surface area contributed by atoms with Crippen LogP contribution < -0.4 is 14.4 Å². The summed E-state index contributed by atoms with van der Waals surface area (Å²) in [6, 6.07) is 3.57. The third kappa shape index (κ3) is 5.14. The van der Waals surface area contributed by atoms with Gasteiger partial charge in [-0.2, -0.15) is 8.42 Å². The molecule has 0 fully saturated rings. The van der Waals surface area contributed by atoms with Crippen LogP contribution >= 0.6 is 11.8 Å². The van der Waals surface area contributed by atoms with E-state index in [1.807, 2.05) is 6.07 Å². The van der Waals surface area contributed by atoms with Crippen molar-refractivity contribution in [2.75, 3.05) is 57.8 Å². The minimum atomic E-state index is -3.91. The normalized spacial score (nSPS) is 19.5. The number of nitrogens with zero attached hydrogens (tertiary/aromatic N) is 4. The number of nitrogens with one attached hydrogen (secondary N) is 1. The number of aryl methyl sites for hydroxylation is 1. The number of thioether (sulfide) groups is 1. The van der Waals surface area contributed by atoms with Gasteiger partial charge in [0.05, 0.1) is 40.9 Å². The Morgan fingerprint density at radius 2 is 2.03 bits per heavy atom. The summed E-state index contributed by atoms with van der Waals surface area (Å²) in [4.78, 5) is 8.77. The fourth-order valence-corrected chi connectivity index (χ4v) is 6.66. The van der Waals surface area contributed by atoms with E-state index in [1.165, 1.54) is 22.1 Å². The molecule has 0 radical (unpaired) electrons. The first-order valence-electron chi connectivity index (χ1n) is 11.1. The van der Waals surface area contributed by atoms with Crippen LogP contribution in [0.2, 0.25) is 0 Å². The summed E-state index contributed by atoms with van der Waals surface area (Å²) >= 11 is 1.62. The van der Waals surface area contributed by atoms with Gasteiger partial charge in [0.2, 0.25) is 5.16 Å². The summed E-state index contributed by atoms with van der Waals surface area (Å²) in [5.74, 6) is 0.567. The molecule has 0 aliphatic carbocycles. The first kappa shape index (κ1) is 25.8. The average molecular weight is 526 g/mol. The molecule has 2 aliphatic rings. The van der Waals surface area contributed by atoms with Crippen LogP contribution in [0, 0.1) is 0 Å².